The highest BCUT2D eigenvalue weighted by Gasteiger charge is 2.36. The molecule has 1 N–H and O–H groups in total. The Bertz CT molecular complexity index is 1320. The molecule has 0 spiro atoms. The summed E-state index contributed by atoms with van der Waals surface area (Å²) in [6.07, 6.45) is -4.64. The van der Waals surface area contributed by atoms with Crippen LogP contribution < -0.4 is 15.0 Å². The van der Waals surface area contributed by atoms with Crippen LogP contribution >= 0.6 is 0 Å². The van der Waals surface area contributed by atoms with Crippen molar-refractivity contribution in [2.24, 2.45) is 0 Å². The number of piperazine rings is 1. The molecule has 0 bridgehead atoms. The van der Waals surface area contributed by atoms with Gasteiger partial charge in [-0.25, -0.2) is 4.39 Å². The summed E-state index contributed by atoms with van der Waals surface area (Å²) >= 11 is 0. The highest BCUT2D eigenvalue weighted by Crippen LogP contribution is 2.36. The molecule has 180 valence electrons. The number of carbonyl (C=O) groups excluding carboxylic acids is 2. The fourth-order valence-electron chi connectivity index (χ4n) is 3.97. The fourth-order valence-corrected chi connectivity index (χ4v) is 3.97. The molecule has 0 unspecified atom stereocenters. The first-order valence-corrected chi connectivity index (χ1v) is 10.6. The van der Waals surface area contributed by atoms with Crippen LogP contribution in [-0.2, 0) is 6.18 Å². The van der Waals surface area contributed by atoms with E-state index in [0.29, 0.717) is 5.82 Å². The van der Waals surface area contributed by atoms with E-state index in [0.717, 1.165) is 18.2 Å². The minimum atomic E-state index is -4.64. The van der Waals surface area contributed by atoms with Crippen LogP contribution in [0.5, 0.6) is 11.6 Å². The largest absolute Gasteiger partial charge is 0.435 e. The van der Waals surface area contributed by atoms with Gasteiger partial charge in [0.05, 0.1) is 16.8 Å². The van der Waals surface area contributed by atoms with Gasteiger partial charge < -0.3 is 19.9 Å². The van der Waals surface area contributed by atoms with Gasteiger partial charge in [0.25, 0.3) is 17.7 Å². The number of ether oxygens (including phenoxy) is 1. The molecule has 3 aromatic rings. The first kappa shape index (κ1) is 22.6. The normalized spacial score (nSPS) is 15.5. The lowest BCUT2D eigenvalue weighted by Crippen LogP contribution is -2.49. The second-order valence-corrected chi connectivity index (χ2v) is 7.94. The summed E-state index contributed by atoms with van der Waals surface area (Å²) in [4.78, 5) is 28.6. The Morgan fingerprint density at radius 3 is 2.49 bits per heavy atom. The Morgan fingerprint density at radius 1 is 1.00 bits per heavy atom. The van der Waals surface area contributed by atoms with E-state index >= 15 is 0 Å². The molecular formula is C23H17F4N5O3. The molecule has 2 amide bonds. The van der Waals surface area contributed by atoms with Crippen molar-refractivity contribution in [2.75, 3.05) is 36.4 Å². The van der Waals surface area contributed by atoms with E-state index in [2.05, 4.69) is 15.5 Å². The second kappa shape index (κ2) is 8.53. The van der Waals surface area contributed by atoms with Gasteiger partial charge in [-0.2, -0.15) is 13.2 Å². The molecule has 0 radical (unpaired) electrons. The predicted octanol–water partition coefficient (Wildman–Crippen LogP) is 3.95. The maximum Gasteiger partial charge on any atom is 0.417 e. The van der Waals surface area contributed by atoms with Gasteiger partial charge in [0.2, 0.25) is 0 Å². The number of carbonyl (C=O) groups is 2. The van der Waals surface area contributed by atoms with E-state index in [1.807, 2.05) is 0 Å². The van der Waals surface area contributed by atoms with Crippen molar-refractivity contribution < 1.29 is 31.9 Å². The maximum atomic E-state index is 13.6. The first-order valence-electron chi connectivity index (χ1n) is 10.6. The molecule has 2 aliphatic rings. The number of aromatic nitrogens is 2. The second-order valence-electron chi connectivity index (χ2n) is 7.94. The molecule has 2 aromatic carbocycles. The van der Waals surface area contributed by atoms with Gasteiger partial charge in [-0.05, 0) is 24.3 Å². The van der Waals surface area contributed by atoms with E-state index in [1.165, 1.54) is 35.2 Å². The third kappa shape index (κ3) is 4.34. The van der Waals surface area contributed by atoms with Crippen LogP contribution in [0.2, 0.25) is 0 Å². The van der Waals surface area contributed by atoms with Crippen molar-refractivity contribution in [3.63, 3.8) is 0 Å². The third-order valence-corrected chi connectivity index (χ3v) is 5.74. The summed E-state index contributed by atoms with van der Waals surface area (Å²) in [5.74, 6) is -1.43. The van der Waals surface area contributed by atoms with Crippen molar-refractivity contribution in [3.8, 4) is 11.6 Å². The number of anilines is 2. The molecule has 0 aliphatic carbocycles. The smallest absolute Gasteiger partial charge is 0.417 e. The Morgan fingerprint density at radius 2 is 1.74 bits per heavy atom. The molecule has 0 saturated carbocycles. The van der Waals surface area contributed by atoms with Crippen molar-refractivity contribution in [1.29, 1.82) is 0 Å². The molecular weight excluding hydrogens is 470 g/mol. The minimum Gasteiger partial charge on any atom is -0.435 e. The highest BCUT2D eigenvalue weighted by molar-refractivity contribution is 6.08. The summed E-state index contributed by atoms with van der Waals surface area (Å²) in [5, 5.41) is 10.7. The van der Waals surface area contributed by atoms with Crippen LogP contribution in [0.25, 0.3) is 0 Å². The SMILES string of the molecule is O=C1Nc2ccc(F)cc2Oc2nnc(N3CCN(C(=O)c4ccccc4C(F)(F)F)CC3)cc21. The summed E-state index contributed by atoms with van der Waals surface area (Å²) in [7, 11) is 0. The van der Waals surface area contributed by atoms with E-state index in [1.54, 1.807) is 4.90 Å². The van der Waals surface area contributed by atoms with E-state index < -0.39 is 34.9 Å². The van der Waals surface area contributed by atoms with Gasteiger partial charge in [-0.15, -0.1) is 10.2 Å². The van der Waals surface area contributed by atoms with E-state index in [9.17, 15) is 27.2 Å². The molecule has 0 atom stereocenters. The van der Waals surface area contributed by atoms with Crippen LogP contribution in [0.1, 0.15) is 26.3 Å². The molecule has 1 aromatic heterocycles. The van der Waals surface area contributed by atoms with Crippen LogP contribution in [-0.4, -0.2) is 53.1 Å². The molecule has 2 aliphatic heterocycles. The van der Waals surface area contributed by atoms with Gasteiger partial charge in [-0.3, -0.25) is 9.59 Å². The summed E-state index contributed by atoms with van der Waals surface area (Å²) in [6, 6.07) is 9.82. The Balaban J connectivity index is 1.32. The topological polar surface area (TPSA) is 87.7 Å². The van der Waals surface area contributed by atoms with Gasteiger partial charge in [-0.1, -0.05) is 12.1 Å². The Labute approximate surface area is 196 Å². The summed E-state index contributed by atoms with van der Waals surface area (Å²) < 4.78 is 59.1. The van der Waals surface area contributed by atoms with E-state index in [-0.39, 0.29) is 49.1 Å². The van der Waals surface area contributed by atoms with Crippen molar-refractivity contribution >= 4 is 23.3 Å². The molecule has 5 rings (SSSR count). The minimum absolute atomic E-state index is 0.0872. The number of amides is 2. The molecule has 35 heavy (non-hydrogen) atoms. The zero-order valence-corrected chi connectivity index (χ0v) is 18.0. The molecule has 1 fully saturated rings. The Kier molecular flexibility index (Phi) is 5.50. The number of fused-ring (bicyclic) bond motifs is 2. The number of hydrogen-bond donors (Lipinski definition) is 1. The molecule has 12 heteroatoms. The first-order chi connectivity index (χ1) is 16.7. The maximum absolute atomic E-state index is 13.6. The molecule has 8 nitrogen and oxygen atoms in total. The molecule has 3 heterocycles. The standard InChI is InChI=1S/C23H17F4N5O3/c24-13-5-6-17-18(11-13)35-21-15(20(33)28-17)12-19(29-30-21)31-7-9-32(10-8-31)22(34)14-3-1-2-4-16(14)23(25,26)27/h1-6,11-12H,7-10H2,(H,28,33). The Hall–Kier alpha value is -4.22. The van der Waals surface area contributed by atoms with Gasteiger partial charge in [0.15, 0.2) is 11.6 Å². The average molecular weight is 487 g/mol. The van der Waals surface area contributed by atoms with Crippen molar-refractivity contribution in [3.05, 3.63) is 71.0 Å². The highest BCUT2D eigenvalue weighted by atomic mass is 19.4. The zero-order chi connectivity index (χ0) is 24.7. The van der Waals surface area contributed by atoms with Gasteiger partial charge in [0.1, 0.15) is 11.4 Å². The lowest BCUT2D eigenvalue weighted by atomic mass is 10.1. The number of benzene rings is 2. The monoisotopic (exact) mass is 487 g/mol. The number of halogens is 4. The summed E-state index contributed by atoms with van der Waals surface area (Å²) in [5.41, 5.74) is -1.01. The quantitative estimate of drug-likeness (QED) is 0.551. The van der Waals surface area contributed by atoms with Crippen molar-refractivity contribution in [2.45, 2.75) is 6.18 Å². The lowest BCUT2D eigenvalue weighted by molar-refractivity contribution is -0.138. The number of hydrogen-bond acceptors (Lipinski definition) is 6. The van der Waals surface area contributed by atoms with Crippen LogP contribution in [0.4, 0.5) is 29.1 Å². The third-order valence-electron chi connectivity index (χ3n) is 5.74. The number of nitrogens with zero attached hydrogens (tertiary/aromatic N) is 4. The number of nitrogens with one attached hydrogen (secondary N) is 1. The average Bonchev–Trinajstić information content (AvgIpc) is 2.98. The van der Waals surface area contributed by atoms with Crippen LogP contribution in [0.15, 0.2) is 48.5 Å². The van der Waals surface area contributed by atoms with E-state index in [4.69, 9.17) is 4.74 Å². The molecule has 1 saturated heterocycles. The van der Waals surface area contributed by atoms with Crippen LogP contribution in [0, 0.1) is 5.82 Å². The lowest BCUT2D eigenvalue weighted by Gasteiger charge is -2.35. The van der Waals surface area contributed by atoms with Gasteiger partial charge >= 0.3 is 6.18 Å². The number of rotatable bonds is 2. The van der Waals surface area contributed by atoms with Crippen molar-refractivity contribution in [1.82, 2.24) is 15.1 Å². The fraction of sp³-hybridized carbons (Fsp3) is 0.217. The summed E-state index contributed by atoms with van der Waals surface area (Å²) in [6.45, 7) is 0.830. The zero-order valence-electron chi connectivity index (χ0n) is 18.0. The van der Waals surface area contributed by atoms with Gasteiger partial charge in [0, 0.05) is 38.3 Å². The van der Waals surface area contributed by atoms with Crippen LogP contribution in [0.3, 0.4) is 0 Å². The predicted molar refractivity (Wildman–Crippen MR) is 116 cm³/mol. The number of alkyl halides is 3.